The van der Waals surface area contributed by atoms with Crippen LogP contribution in [-0.4, -0.2) is 6.61 Å². The van der Waals surface area contributed by atoms with Gasteiger partial charge in [0.05, 0.1) is 12.7 Å². The summed E-state index contributed by atoms with van der Waals surface area (Å²) < 4.78 is 6.70. The second-order valence-electron chi connectivity index (χ2n) is 5.23. The summed E-state index contributed by atoms with van der Waals surface area (Å²) in [5, 5.41) is 13.4. The predicted molar refractivity (Wildman–Crippen MR) is 86.2 cm³/mol. The molecule has 0 saturated heterocycles. The first-order valence-corrected chi connectivity index (χ1v) is 7.63. The smallest absolute Gasteiger partial charge is 0.160 e. The highest BCUT2D eigenvalue weighted by molar-refractivity contribution is 9.10. The van der Waals surface area contributed by atoms with Crippen molar-refractivity contribution < 1.29 is 4.74 Å². The number of ether oxygens (including phenoxy) is 1. The van der Waals surface area contributed by atoms with E-state index in [1.54, 1.807) is 0 Å². The molecule has 0 radical (unpaired) electrons. The molecule has 0 saturated carbocycles. The molecule has 0 aromatic heterocycles. The Bertz CT molecular complexity index is 710. The molecule has 0 bridgehead atoms. The molecule has 0 spiro atoms. The van der Waals surface area contributed by atoms with Gasteiger partial charge in [0.1, 0.15) is 5.75 Å². The quantitative estimate of drug-likeness (QED) is 0.884. The standard InChI is InChI=1S/C17H15BrN2O/c1-12-10-21-16-9-5-2-6-13(16)17(12,11-19)20-15-8-4-3-7-14(15)18/h2-9,12,20H,10H2,1H3. The summed E-state index contributed by atoms with van der Waals surface area (Å²) >= 11 is 3.53. The molecule has 4 heteroatoms. The van der Waals surface area contributed by atoms with Gasteiger partial charge in [0.2, 0.25) is 0 Å². The molecule has 1 aliphatic heterocycles. The topological polar surface area (TPSA) is 45.0 Å². The molecule has 2 aromatic carbocycles. The minimum atomic E-state index is -0.793. The van der Waals surface area contributed by atoms with Gasteiger partial charge in [-0.1, -0.05) is 37.3 Å². The third kappa shape index (κ3) is 2.28. The van der Waals surface area contributed by atoms with E-state index in [-0.39, 0.29) is 5.92 Å². The maximum Gasteiger partial charge on any atom is 0.160 e. The van der Waals surface area contributed by atoms with E-state index in [9.17, 15) is 5.26 Å². The zero-order valence-corrected chi connectivity index (χ0v) is 13.2. The zero-order valence-electron chi connectivity index (χ0n) is 11.6. The van der Waals surface area contributed by atoms with Crippen molar-refractivity contribution in [2.24, 2.45) is 5.92 Å². The van der Waals surface area contributed by atoms with Crippen molar-refractivity contribution in [3.63, 3.8) is 0 Å². The third-order valence-corrected chi connectivity index (χ3v) is 4.61. The minimum Gasteiger partial charge on any atom is -0.493 e. The van der Waals surface area contributed by atoms with Crippen LogP contribution in [0.3, 0.4) is 0 Å². The van der Waals surface area contributed by atoms with Crippen molar-refractivity contribution in [1.82, 2.24) is 0 Å². The van der Waals surface area contributed by atoms with Crippen LogP contribution in [0.4, 0.5) is 5.69 Å². The summed E-state index contributed by atoms with van der Waals surface area (Å²) in [5.41, 5.74) is 1.00. The van der Waals surface area contributed by atoms with E-state index in [1.165, 1.54) is 0 Å². The van der Waals surface area contributed by atoms with Gasteiger partial charge in [0, 0.05) is 21.6 Å². The molecule has 106 valence electrons. The van der Waals surface area contributed by atoms with Gasteiger partial charge in [-0.05, 0) is 34.1 Å². The van der Waals surface area contributed by atoms with Crippen molar-refractivity contribution >= 4 is 21.6 Å². The van der Waals surface area contributed by atoms with Gasteiger partial charge in [-0.15, -0.1) is 0 Å². The lowest BCUT2D eigenvalue weighted by Crippen LogP contribution is -2.46. The lowest BCUT2D eigenvalue weighted by Gasteiger charge is -2.39. The fourth-order valence-electron chi connectivity index (χ4n) is 2.69. The van der Waals surface area contributed by atoms with Crippen LogP contribution >= 0.6 is 15.9 Å². The molecule has 3 rings (SSSR count). The number of fused-ring (bicyclic) bond motifs is 1. The first kappa shape index (κ1) is 14.0. The molecule has 1 aliphatic rings. The van der Waals surface area contributed by atoms with Gasteiger partial charge in [0.25, 0.3) is 0 Å². The summed E-state index contributed by atoms with van der Waals surface area (Å²) in [7, 11) is 0. The fourth-order valence-corrected chi connectivity index (χ4v) is 3.07. The number of rotatable bonds is 2. The number of anilines is 1. The van der Waals surface area contributed by atoms with Gasteiger partial charge < -0.3 is 10.1 Å². The molecule has 2 atom stereocenters. The summed E-state index contributed by atoms with van der Waals surface area (Å²) in [6.45, 7) is 2.55. The summed E-state index contributed by atoms with van der Waals surface area (Å²) in [6.07, 6.45) is 0. The monoisotopic (exact) mass is 342 g/mol. The predicted octanol–water partition coefficient (Wildman–Crippen LogP) is 4.31. The second-order valence-corrected chi connectivity index (χ2v) is 6.09. The van der Waals surface area contributed by atoms with Crippen LogP contribution in [0.5, 0.6) is 5.75 Å². The van der Waals surface area contributed by atoms with Crippen molar-refractivity contribution in [3.8, 4) is 11.8 Å². The molecular formula is C17H15BrN2O. The number of benzene rings is 2. The number of nitrogens with one attached hydrogen (secondary N) is 1. The van der Waals surface area contributed by atoms with E-state index in [1.807, 2.05) is 55.5 Å². The molecule has 2 unspecified atom stereocenters. The normalized spacial score (nSPS) is 23.6. The Labute approximate surface area is 132 Å². The Hall–Kier alpha value is -1.99. The van der Waals surface area contributed by atoms with Crippen LogP contribution < -0.4 is 10.1 Å². The number of halogens is 1. The van der Waals surface area contributed by atoms with E-state index in [0.717, 1.165) is 21.5 Å². The highest BCUT2D eigenvalue weighted by Gasteiger charge is 2.44. The maximum atomic E-state index is 9.93. The summed E-state index contributed by atoms with van der Waals surface area (Å²) in [4.78, 5) is 0. The van der Waals surface area contributed by atoms with Gasteiger partial charge in [-0.3, -0.25) is 0 Å². The Balaban J connectivity index is 2.12. The molecule has 0 amide bonds. The highest BCUT2D eigenvalue weighted by Crippen LogP contribution is 2.43. The Morgan fingerprint density at radius 2 is 1.95 bits per heavy atom. The Morgan fingerprint density at radius 3 is 2.71 bits per heavy atom. The van der Waals surface area contributed by atoms with Crippen LogP contribution in [0, 0.1) is 17.2 Å². The summed E-state index contributed by atoms with van der Waals surface area (Å²) in [5.74, 6) is 0.807. The third-order valence-electron chi connectivity index (χ3n) is 3.92. The van der Waals surface area contributed by atoms with Crippen LogP contribution in [0.1, 0.15) is 12.5 Å². The number of para-hydroxylation sites is 2. The van der Waals surface area contributed by atoms with Crippen molar-refractivity contribution in [2.45, 2.75) is 12.5 Å². The lowest BCUT2D eigenvalue weighted by atomic mass is 9.78. The van der Waals surface area contributed by atoms with E-state index in [2.05, 4.69) is 27.3 Å². The second kappa shape index (κ2) is 5.42. The zero-order chi connectivity index (χ0) is 14.9. The Morgan fingerprint density at radius 1 is 1.24 bits per heavy atom. The first-order valence-electron chi connectivity index (χ1n) is 6.83. The van der Waals surface area contributed by atoms with Crippen LogP contribution in [-0.2, 0) is 5.54 Å². The molecule has 2 aromatic rings. The van der Waals surface area contributed by atoms with Crippen molar-refractivity contribution in [1.29, 1.82) is 5.26 Å². The van der Waals surface area contributed by atoms with E-state index in [0.29, 0.717) is 6.61 Å². The van der Waals surface area contributed by atoms with Crippen LogP contribution in [0.2, 0.25) is 0 Å². The molecule has 1 heterocycles. The van der Waals surface area contributed by atoms with Crippen LogP contribution in [0.25, 0.3) is 0 Å². The molecular weight excluding hydrogens is 328 g/mol. The van der Waals surface area contributed by atoms with Crippen molar-refractivity contribution in [3.05, 3.63) is 58.6 Å². The molecule has 21 heavy (non-hydrogen) atoms. The van der Waals surface area contributed by atoms with Crippen molar-refractivity contribution in [2.75, 3.05) is 11.9 Å². The van der Waals surface area contributed by atoms with E-state index in [4.69, 9.17) is 4.74 Å². The molecule has 3 nitrogen and oxygen atoms in total. The number of nitrogens with zero attached hydrogens (tertiary/aromatic N) is 1. The van der Waals surface area contributed by atoms with Gasteiger partial charge in [-0.2, -0.15) is 5.26 Å². The molecule has 0 aliphatic carbocycles. The number of hydrogen-bond acceptors (Lipinski definition) is 3. The van der Waals surface area contributed by atoms with Gasteiger partial charge in [0.15, 0.2) is 5.54 Å². The first-order chi connectivity index (χ1) is 10.2. The Kier molecular flexibility index (Phi) is 3.60. The molecule has 1 N–H and O–H groups in total. The summed E-state index contributed by atoms with van der Waals surface area (Å²) in [6, 6.07) is 18.1. The number of nitriles is 1. The number of hydrogen-bond donors (Lipinski definition) is 1. The average Bonchev–Trinajstić information content (AvgIpc) is 2.52. The molecule has 0 fully saturated rings. The fraction of sp³-hybridized carbons (Fsp3) is 0.235. The SMILES string of the molecule is CC1COc2ccccc2C1(C#N)Nc1ccccc1Br. The lowest BCUT2D eigenvalue weighted by molar-refractivity contribution is 0.186. The maximum absolute atomic E-state index is 9.93. The average molecular weight is 343 g/mol. The van der Waals surface area contributed by atoms with Gasteiger partial charge >= 0.3 is 0 Å². The van der Waals surface area contributed by atoms with E-state index >= 15 is 0 Å². The van der Waals surface area contributed by atoms with Crippen LogP contribution in [0.15, 0.2) is 53.0 Å². The highest BCUT2D eigenvalue weighted by atomic mass is 79.9. The largest absolute Gasteiger partial charge is 0.493 e. The van der Waals surface area contributed by atoms with E-state index < -0.39 is 5.54 Å². The minimum absolute atomic E-state index is 0.0320. The van der Waals surface area contributed by atoms with Gasteiger partial charge in [-0.25, -0.2) is 0 Å².